The summed E-state index contributed by atoms with van der Waals surface area (Å²) in [6.45, 7) is 4.86. The molecule has 2 rings (SSSR count). The molecule has 2 aromatic rings. The molecule has 142 valence electrons. The molecule has 0 radical (unpaired) electrons. The summed E-state index contributed by atoms with van der Waals surface area (Å²) in [6.07, 6.45) is 1.11. The van der Waals surface area contributed by atoms with Crippen LogP contribution in [0.1, 0.15) is 32.7 Å². The Kier molecular flexibility index (Phi) is 5.79. The van der Waals surface area contributed by atoms with Crippen molar-refractivity contribution in [2.24, 2.45) is 7.05 Å². The van der Waals surface area contributed by atoms with Crippen molar-refractivity contribution in [1.29, 1.82) is 0 Å². The fourth-order valence-corrected chi connectivity index (χ4v) is 4.58. The molecular formula is C17H21ClN2O5S. The predicted molar refractivity (Wildman–Crippen MR) is 97.9 cm³/mol. The molecule has 0 amide bonds. The SMILES string of the molecule is COCOc1c(C(=O)c2cc(C)c(S(C)(=O)=O)c(C)c2Cl)c(C)nn1C. The predicted octanol–water partition coefficient (Wildman–Crippen LogP) is 2.62. The second-order valence-electron chi connectivity index (χ2n) is 6.05. The van der Waals surface area contributed by atoms with Gasteiger partial charge in [0, 0.05) is 26.0 Å². The summed E-state index contributed by atoms with van der Waals surface area (Å²) < 4.78 is 35.9. The summed E-state index contributed by atoms with van der Waals surface area (Å²) in [4.78, 5) is 13.3. The molecule has 0 aliphatic rings. The molecule has 26 heavy (non-hydrogen) atoms. The molecule has 0 N–H and O–H groups in total. The van der Waals surface area contributed by atoms with Crippen LogP contribution in [-0.2, 0) is 21.6 Å². The highest BCUT2D eigenvalue weighted by atomic mass is 35.5. The average Bonchev–Trinajstić information content (AvgIpc) is 2.80. The van der Waals surface area contributed by atoms with E-state index in [9.17, 15) is 13.2 Å². The van der Waals surface area contributed by atoms with Gasteiger partial charge in [-0.25, -0.2) is 13.1 Å². The minimum atomic E-state index is -3.47. The lowest BCUT2D eigenvalue weighted by Gasteiger charge is -2.14. The second-order valence-corrected chi connectivity index (χ2v) is 8.38. The average molecular weight is 401 g/mol. The van der Waals surface area contributed by atoms with Crippen LogP contribution in [0.2, 0.25) is 5.02 Å². The lowest BCUT2D eigenvalue weighted by molar-refractivity contribution is 0.0441. The van der Waals surface area contributed by atoms with Gasteiger partial charge in [-0.05, 0) is 38.0 Å². The van der Waals surface area contributed by atoms with Gasteiger partial charge in [0.05, 0.1) is 15.6 Å². The van der Waals surface area contributed by atoms with Crippen molar-refractivity contribution in [1.82, 2.24) is 9.78 Å². The number of benzene rings is 1. The van der Waals surface area contributed by atoms with Crippen molar-refractivity contribution in [3.05, 3.63) is 39.0 Å². The fraction of sp³-hybridized carbons (Fsp3) is 0.412. The molecule has 0 atom stereocenters. The molecule has 0 saturated carbocycles. The third-order valence-electron chi connectivity index (χ3n) is 3.95. The van der Waals surface area contributed by atoms with Gasteiger partial charge < -0.3 is 9.47 Å². The number of aryl methyl sites for hydroxylation is 3. The van der Waals surface area contributed by atoms with Crippen molar-refractivity contribution < 1.29 is 22.7 Å². The monoisotopic (exact) mass is 400 g/mol. The minimum absolute atomic E-state index is 0.0436. The van der Waals surface area contributed by atoms with Gasteiger partial charge in [-0.3, -0.25) is 4.79 Å². The number of rotatable bonds is 6. The molecule has 1 aromatic heterocycles. The van der Waals surface area contributed by atoms with Gasteiger partial charge in [-0.1, -0.05) is 11.6 Å². The van der Waals surface area contributed by atoms with Crippen LogP contribution in [0.3, 0.4) is 0 Å². The van der Waals surface area contributed by atoms with E-state index in [-0.39, 0.29) is 33.7 Å². The van der Waals surface area contributed by atoms with E-state index in [1.165, 1.54) is 17.9 Å². The topological polar surface area (TPSA) is 87.5 Å². The van der Waals surface area contributed by atoms with E-state index in [0.29, 0.717) is 16.8 Å². The highest BCUT2D eigenvalue weighted by molar-refractivity contribution is 7.90. The number of halogens is 1. The maximum atomic E-state index is 13.1. The highest BCUT2D eigenvalue weighted by Crippen LogP contribution is 2.34. The summed E-state index contributed by atoms with van der Waals surface area (Å²) in [5.74, 6) is -0.133. The van der Waals surface area contributed by atoms with Gasteiger partial charge in [-0.15, -0.1) is 0 Å². The number of carbonyl (C=O) groups excluding carboxylic acids is 1. The highest BCUT2D eigenvalue weighted by Gasteiger charge is 2.28. The molecule has 0 aliphatic carbocycles. The molecular weight excluding hydrogens is 380 g/mol. The Labute approximate surface area is 157 Å². The van der Waals surface area contributed by atoms with Gasteiger partial charge in [0.2, 0.25) is 11.7 Å². The Morgan fingerprint density at radius 2 is 1.92 bits per heavy atom. The van der Waals surface area contributed by atoms with E-state index in [1.807, 2.05) is 0 Å². The normalized spacial score (nSPS) is 11.7. The molecule has 7 nitrogen and oxygen atoms in total. The molecule has 0 fully saturated rings. The standard InChI is InChI=1S/C17H21ClN2O5S/c1-9-7-12(14(18)10(2)16(9)26(6,22)23)15(21)13-11(3)19-20(4)17(13)25-8-24-5/h7H,8H2,1-6H3. The molecule has 0 aliphatic heterocycles. The summed E-state index contributed by atoms with van der Waals surface area (Å²) in [5.41, 5.74) is 1.74. The number of ether oxygens (including phenoxy) is 2. The third kappa shape index (κ3) is 3.62. The summed E-state index contributed by atoms with van der Waals surface area (Å²) in [5, 5.41) is 4.32. The number of sulfone groups is 1. The molecule has 1 heterocycles. The fourth-order valence-electron chi connectivity index (χ4n) is 2.99. The first-order valence-corrected chi connectivity index (χ1v) is 9.97. The van der Waals surface area contributed by atoms with E-state index in [4.69, 9.17) is 21.1 Å². The van der Waals surface area contributed by atoms with Crippen LogP contribution >= 0.6 is 11.6 Å². The van der Waals surface area contributed by atoms with Crippen molar-refractivity contribution in [2.45, 2.75) is 25.7 Å². The summed E-state index contributed by atoms with van der Waals surface area (Å²) in [6, 6.07) is 1.49. The van der Waals surface area contributed by atoms with Crippen LogP contribution < -0.4 is 4.74 Å². The molecule has 9 heteroatoms. The van der Waals surface area contributed by atoms with Crippen LogP contribution in [0, 0.1) is 20.8 Å². The molecule has 1 aromatic carbocycles. The Morgan fingerprint density at radius 1 is 1.31 bits per heavy atom. The van der Waals surface area contributed by atoms with Gasteiger partial charge >= 0.3 is 0 Å². The minimum Gasteiger partial charge on any atom is -0.450 e. The second kappa shape index (κ2) is 7.38. The zero-order valence-electron chi connectivity index (χ0n) is 15.5. The molecule has 0 saturated heterocycles. The van der Waals surface area contributed by atoms with Crippen LogP contribution in [-0.4, -0.2) is 44.1 Å². The van der Waals surface area contributed by atoms with Gasteiger partial charge in [-0.2, -0.15) is 5.10 Å². The first kappa shape index (κ1) is 20.4. The van der Waals surface area contributed by atoms with Crippen LogP contribution in [0.25, 0.3) is 0 Å². The number of methoxy groups -OCH3 is 1. The first-order valence-electron chi connectivity index (χ1n) is 7.70. The number of aromatic nitrogens is 2. The summed E-state index contributed by atoms with van der Waals surface area (Å²) >= 11 is 6.36. The van der Waals surface area contributed by atoms with Gasteiger partial charge in [0.1, 0.15) is 5.56 Å². The smallest absolute Gasteiger partial charge is 0.225 e. The third-order valence-corrected chi connectivity index (χ3v) is 5.81. The van der Waals surface area contributed by atoms with Gasteiger partial charge in [0.25, 0.3) is 0 Å². The maximum absolute atomic E-state index is 13.1. The van der Waals surface area contributed by atoms with E-state index < -0.39 is 15.6 Å². The number of hydrogen-bond acceptors (Lipinski definition) is 6. The summed E-state index contributed by atoms with van der Waals surface area (Å²) in [7, 11) is -0.349. The molecule has 0 spiro atoms. The lowest BCUT2D eigenvalue weighted by atomic mass is 9.99. The number of nitrogens with zero attached hydrogens (tertiary/aromatic N) is 2. The van der Waals surface area contributed by atoms with E-state index >= 15 is 0 Å². The van der Waals surface area contributed by atoms with Crippen molar-refractivity contribution >= 4 is 27.2 Å². The number of carbonyl (C=O) groups is 1. The lowest BCUT2D eigenvalue weighted by Crippen LogP contribution is -2.12. The Bertz CT molecular complexity index is 980. The van der Waals surface area contributed by atoms with Crippen molar-refractivity contribution in [2.75, 3.05) is 20.2 Å². The Hall–Kier alpha value is -1.90. The molecule has 0 unspecified atom stereocenters. The Balaban J connectivity index is 2.66. The number of ketones is 1. The molecule has 0 bridgehead atoms. The van der Waals surface area contributed by atoms with E-state index in [1.54, 1.807) is 27.8 Å². The zero-order valence-corrected chi connectivity index (χ0v) is 17.1. The van der Waals surface area contributed by atoms with Crippen molar-refractivity contribution in [3.63, 3.8) is 0 Å². The first-order chi connectivity index (χ1) is 12.0. The Morgan fingerprint density at radius 3 is 2.46 bits per heavy atom. The van der Waals surface area contributed by atoms with Crippen molar-refractivity contribution in [3.8, 4) is 5.88 Å². The van der Waals surface area contributed by atoms with E-state index in [0.717, 1.165) is 6.26 Å². The van der Waals surface area contributed by atoms with Crippen LogP contribution in [0.4, 0.5) is 0 Å². The quantitative estimate of drug-likeness (QED) is 0.547. The van der Waals surface area contributed by atoms with Crippen LogP contribution in [0.15, 0.2) is 11.0 Å². The van der Waals surface area contributed by atoms with Crippen LogP contribution in [0.5, 0.6) is 5.88 Å². The largest absolute Gasteiger partial charge is 0.450 e. The van der Waals surface area contributed by atoms with Gasteiger partial charge in [0.15, 0.2) is 16.6 Å². The van der Waals surface area contributed by atoms with E-state index in [2.05, 4.69) is 5.10 Å². The maximum Gasteiger partial charge on any atom is 0.225 e. The zero-order chi connectivity index (χ0) is 19.8. The number of hydrogen-bond donors (Lipinski definition) is 0.